The highest BCUT2D eigenvalue weighted by molar-refractivity contribution is 5.98. The molecule has 4 heterocycles. The predicted octanol–water partition coefficient (Wildman–Crippen LogP) is 5.81. The van der Waals surface area contributed by atoms with Crippen LogP contribution in [0.15, 0.2) is 79.3 Å². The van der Waals surface area contributed by atoms with E-state index < -0.39 is 59.6 Å². The lowest BCUT2D eigenvalue weighted by atomic mass is 9.93. The number of benzene rings is 2. The molecule has 0 saturated heterocycles. The van der Waals surface area contributed by atoms with Crippen molar-refractivity contribution >= 4 is 63.0 Å². The summed E-state index contributed by atoms with van der Waals surface area (Å²) in [4.78, 5) is 94.7. The van der Waals surface area contributed by atoms with Crippen molar-refractivity contribution in [2.75, 3.05) is 68.9 Å². The van der Waals surface area contributed by atoms with Crippen LogP contribution >= 0.6 is 0 Å². The molecule has 6 rings (SSSR count). The molecule has 22 heteroatoms. The zero-order valence-corrected chi connectivity index (χ0v) is 44.4. The number of nitrogens with zero attached hydrogens (tertiary/aromatic N) is 8. The number of amides is 2. The van der Waals surface area contributed by atoms with Gasteiger partial charge in [-0.25, -0.2) is 9.59 Å². The molecule has 0 saturated carbocycles. The van der Waals surface area contributed by atoms with E-state index in [2.05, 4.69) is 41.1 Å². The molecule has 76 heavy (non-hydrogen) atoms. The summed E-state index contributed by atoms with van der Waals surface area (Å²) in [7, 11) is 0. The number of hydrogen-bond donors (Lipinski definition) is 2. The van der Waals surface area contributed by atoms with Crippen LogP contribution in [0.5, 0.6) is 0 Å². The quantitative estimate of drug-likeness (QED) is 0.0225. The molecule has 0 aliphatic carbocycles. The second kappa shape index (κ2) is 28.1. The smallest absolute Gasteiger partial charge is 0.349 e. The van der Waals surface area contributed by atoms with Gasteiger partial charge in [-0.2, -0.15) is 0 Å². The van der Waals surface area contributed by atoms with Gasteiger partial charge >= 0.3 is 29.2 Å². The zero-order chi connectivity index (χ0) is 54.6. The Balaban J connectivity index is 0.899. The molecule has 0 aliphatic rings. The van der Waals surface area contributed by atoms with E-state index in [0.29, 0.717) is 65.7 Å². The van der Waals surface area contributed by atoms with Crippen molar-refractivity contribution in [1.82, 2.24) is 40.6 Å². The number of aryl methyl sites for hydroxylation is 4. The Morgan fingerprint density at radius 2 is 1.05 bits per heavy atom. The van der Waals surface area contributed by atoms with E-state index in [1.165, 1.54) is 19.1 Å². The minimum absolute atomic E-state index is 0.0703. The van der Waals surface area contributed by atoms with Gasteiger partial charge in [0.15, 0.2) is 0 Å². The molecular weight excluding hydrogens is 981 g/mol. The number of nitrogens with one attached hydrogen (secondary N) is 2. The van der Waals surface area contributed by atoms with E-state index in [1.807, 2.05) is 58.9 Å². The number of carbonyl (C=O) groups excluding carboxylic acids is 5. The average molecular weight is 1050 g/mol. The van der Waals surface area contributed by atoms with Crippen molar-refractivity contribution < 1.29 is 47.0 Å². The number of hydrogen-bond acceptors (Lipinski definition) is 18. The number of aromatic nitrogens is 6. The molecule has 4 aromatic heterocycles. The summed E-state index contributed by atoms with van der Waals surface area (Å²) in [5, 5.41) is 23.3. The topological polar surface area (TPSA) is 265 Å². The average Bonchev–Trinajstić information content (AvgIpc) is 4.09. The normalized spacial score (nSPS) is 11.4. The van der Waals surface area contributed by atoms with E-state index in [0.717, 1.165) is 50.4 Å². The van der Waals surface area contributed by atoms with Gasteiger partial charge in [-0.1, -0.05) is 30.2 Å². The zero-order valence-electron chi connectivity index (χ0n) is 44.4. The maximum absolute atomic E-state index is 13.3. The summed E-state index contributed by atoms with van der Waals surface area (Å²) in [6.07, 6.45) is 6.98. The molecule has 0 aliphatic heterocycles. The van der Waals surface area contributed by atoms with E-state index >= 15 is 0 Å². The molecule has 0 unspecified atom stereocenters. The van der Waals surface area contributed by atoms with E-state index in [4.69, 9.17) is 23.0 Å². The Labute approximate surface area is 440 Å². The van der Waals surface area contributed by atoms with Gasteiger partial charge in [0.25, 0.3) is 11.8 Å². The highest BCUT2D eigenvalue weighted by Gasteiger charge is 2.38. The molecule has 2 amide bonds. The number of anilines is 2. The predicted molar refractivity (Wildman–Crippen MR) is 283 cm³/mol. The first-order chi connectivity index (χ1) is 36.7. The summed E-state index contributed by atoms with van der Waals surface area (Å²) < 4.78 is 30.7. The standard InChI is InChI=1S/C54H70N10O12/c1-7-12-13-28-72-53(71)54(6,35-73-47(65)22-18-39-33-63(59-57-39)26-14-24-55-49(67)43-29-37-16-20-41(61(8-2)9-3)31-45(37)75-51(43)69)36-74-48(66)23-19-40-34-64(60-58-40)27-15-25-56-50(68)44-30-38-17-21-42(62(10-4)11-5)32-46(38)76-52(44)70/h16-17,20-21,29-34H,7-15,18-19,22-28,35-36H2,1-6H3,(H,55,67)(H,56,68). The van der Waals surface area contributed by atoms with Gasteiger partial charge in [0.1, 0.15) is 40.9 Å². The van der Waals surface area contributed by atoms with Crippen LogP contribution in [0.1, 0.15) is 119 Å². The first kappa shape index (κ1) is 57.4. The molecule has 6 aromatic rings. The van der Waals surface area contributed by atoms with Crippen LogP contribution < -0.4 is 31.7 Å². The van der Waals surface area contributed by atoms with Crippen molar-refractivity contribution in [3.63, 3.8) is 0 Å². The molecule has 0 spiro atoms. The molecule has 0 fully saturated rings. The first-order valence-electron chi connectivity index (χ1n) is 26.2. The number of esters is 3. The second-order valence-electron chi connectivity index (χ2n) is 18.6. The van der Waals surface area contributed by atoms with Crippen LogP contribution in [-0.4, -0.2) is 119 Å². The Morgan fingerprint density at radius 1 is 0.605 bits per heavy atom. The number of unbranched alkanes of at least 4 members (excludes halogenated alkanes) is 2. The maximum atomic E-state index is 13.3. The molecule has 2 aromatic carbocycles. The van der Waals surface area contributed by atoms with Crippen molar-refractivity contribution in [2.24, 2.45) is 5.41 Å². The second-order valence-corrected chi connectivity index (χ2v) is 18.6. The highest BCUT2D eigenvalue weighted by Crippen LogP contribution is 2.25. The van der Waals surface area contributed by atoms with Gasteiger partial charge in [-0.15, -0.1) is 10.2 Å². The van der Waals surface area contributed by atoms with Gasteiger partial charge in [0, 0.05) is 112 Å². The SMILES string of the molecule is CCCCCOC(=O)C(C)(COC(=O)CCc1cn(CCCNC(=O)c2cc3ccc(N(CC)CC)cc3oc2=O)nn1)COC(=O)CCc1cn(CCCNC(=O)c2cc3ccc(N(CC)CC)cc3oc2=O)nn1. The van der Waals surface area contributed by atoms with Gasteiger partial charge in [0.05, 0.1) is 30.8 Å². The lowest BCUT2D eigenvalue weighted by Gasteiger charge is -2.26. The Morgan fingerprint density at radius 3 is 1.47 bits per heavy atom. The molecular formula is C54H70N10O12. The summed E-state index contributed by atoms with van der Waals surface area (Å²) in [5.41, 5.74) is 0.603. The minimum atomic E-state index is -1.49. The summed E-state index contributed by atoms with van der Waals surface area (Å²) in [5.74, 6) is -2.98. The third-order valence-electron chi connectivity index (χ3n) is 12.8. The molecule has 0 atom stereocenters. The van der Waals surface area contributed by atoms with Crippen LogP contribution in [0.25, 0.3) is 21.9 Å². The van der Waals surface area contributed by atoms with Crippen molar-refractivity contribution in [3.8, 4) is 0 Å². The Kier molecular flexibility index (Phi) is 21.2. The largest absolute Gasteiger partial charge is 0.465 e. The van der Waals surface area contributed by atoms with Crippen LogP contribution in [0, 0.1) is 5.41 Å². The fraction of sp³-hybridized carbons (Fsp3) is 0.500. The number of ether oxygens (including phenoxy) is 3. The number of fused-ring (bicyclic) bond motifs is 2. The van der Waals surface area contributed by atoms with Gasteiger partial charge in [-0.3, -0.25) is 33.3 Å². The van der Waals surface area contributed by atoms with Gasteiger partial charge in [-0.05, 0) is 90.3 Å². The molecule has 0 radical (unpaired) electrons. The first-order valence-corrected chi connectivity index (χ1v) is 26.2. The fourth-order valence-corrected chi connectivity index (χ4v) is 8.22. The fourth-order valence-electron chi connectivity index (χ4n) is 8.22. The lowest BCUT2D eigenvalue weighted by molar-refractivity contribution is -0.170. The summed E-state index contributed by atoms with van der Waals surface area (Å²) in [6, 6.07) is 14.2. The van der Waals surface area contributed by atoms with E-state index in [-0.39, 0.29) is 56.5 Å². The van der Waals surface area contributed by atoms with E-state index in [9.17, 15) is 33.6 Å². The third-order valence-corrected chi connectivity index (χ3v) is 12.8. The van der Waals surface area contributed by atoms with Crippen LogP contribution in [0.2, 0.25) is 0 Å². The van der Waals surface area contributed by atoms with Crippen molar-refractivity contribution in [2.45, 2.75) is 112 Å². The number of carbonyl (C=O) groups is 5. The lowest BCUT2D eigenvalue weighted by Crippen LogP contribution is -2.40. The molecule has 408 valence electrons. The van der Waals surface area contributed by atoms with Crippen LogP contribution in [-0.2, 0) is 54.5 Å². The van der Waals surface area contributed by atoms with Crippen molar-refractivity contribution in [1.29, 1.82) is 0 Å². The molecule has 22 nitrogen and oxygen atoms in total. The molecule has 2 N–H and O–H groups in total. The monoisotopic (exact) mass is 1050 g/mol. The van der Waals surface area contributed by atoms with Crippen LogP contribution in [0.3, 0.4) is 0 Å². The van der Waals surface area contributed by atoms with Crippen LogP contribution in [0.4, 0.5) is 11.4 Å². The van der Waals surface area contributed by atoms with Crippen molar-refractivity contribution in [3.05, 3.63) is 104 Å². The maximum Gasteiger partial charge on any atom is 0.349 e. The van der Waals surface area contributed by atoms with Gasteiger partial charge in [0.2, 0.25) is 0 Å². The van der Waals surface area contributed by atoms with E-state index in [1.54, 1.807) is 33.9 Å². The summed E-state index contributed by atoms with van der Waals surface area (Å²) >= 11 is 0. The minimum Gasteiger partial charge on any atom is -0.465 e. The van der Waals surface area contributed by atoms with Gasteiger partial charge < -0.3 is 43.5 Å². The highest BCUT2D eigenvalue weighted by atomic mass is 16.6. The Bertz CT molecular complexity index is 2860. The Hall–Kier alpha value is -7.91. The number of rotatable bonds is 31. The third kappa shape index (κ3) is 16.0. The summed E-state index contributed by atoms with van der Waals surface area (Å²) in [6.45, 7) is 15.6. The molecule has 0 bridgehead atoms.